The van der Waals surface area contributed by atoms with Crippen LogP contribution in [0, 0.1) is 5.92 Å². The normalized spacial score (nSPS) is 30.5. The minimum absolute atomic E-state index is 0.170. The third-order valence-electron chi connectivity index (χ3n) is 4.41. The van der Waals surface area contributed by atoms with Gasteiger partial charge in [0.25, 0.3) is 0 Å². The van der Waals surface area contributed by atoms with Crippen molar-refractivity contribution in [2.24, 2.45) is 5.92 Å². The van der Waals surface area contributed by atoms with Gasteiger partial charge in [0.05, 0.1) is 11.7 Å². The van der Waals surface area contributed by atoms with Crippen molar-refractivity contribution in [1.82, 2.24) is 0 Å². The van der Waals surface area contributed by atoms with Gasteiger partial charge in [-0.1, -0.05) is 26.2 Å². The summed E-state index contributed by atoms with van der Waals surface area (Å²) in [7, 11) is 0. The van der Waals surface area contributed by atoms with Crippen molar-refractivity contribution in [1.29, 1.82) is 0 Å². The van der Waals surface area contributed by atoms with Gasteiger partial charge in [0.1, 0.15) is 5.78 Å². The van der Waals surface area contributed by atoms with E-state index in [0.29, 0.717) is 11.9 Å². The molecule has 2 unspecified atom stereocenters. The first-order valence-corrected chi connectivity index (χ1v) is 6.80. The SMILES string of the molecule is CC(=O)C(C)CC1CCC2(CCCCC2)O1. The molecule has 0 amide bonds. The lowest BCUT2D eigenvalue weighted by atomic mass is 9.83. The molecular weight excluding hydrogens is 200 g/mol. The van der Waals surface area contributed by atoms with Crippen LogP contribution in [0.15, 0.2) is 0 Å². The standard InChI is InChI=1S/C14H24O2/c1-11(12(2)15)10-13-6-9-14(16-13)7-4-3-5-8-14/h11,13H,3-10H2,1-2H3. The van der Waals surface area contributed by atoms with E-state index in [2.05, 4.69) is 0 Å². The molecule has 1 aliphatic carbocycles. The van der Waals surface area contributed by atoms with Crippen LogP contribution in [0.5, 0.6) is 0 Å². The average molecular weight is 224 g/mol. The lowest BCUT2D eigenvalue weighted by molar-refractivity contribution is -0.122. The number of carbonyl (C=O) groups is 1. The van der Waals surface area contributed by atoms with Crippen molar-refractivity contribution in [3.63, 3.8) is 0 Å². The molecule has 0 aromatic rings. The Morgan fingerprint density at radius 1 is 1.31 bits per heavy atom. The molecule has 1 saturated heterocycles. The highest BCUT2D eigenvalue weighted by atomic mass is 16.5. The van der Waals surface area contributed by atoms with Gasteiger partial charge >= 0.3 is 0 Å². The molecular formula is C14H24O2. The van der Waals surface area contributed by atoms with Gasteiger partial charge in [0.2, 0.25) is 0 Å². The molecule has 0 aromatic heterocycles. The topological polar surface area (TPSA) is 26.3 Å². The van der Waals surface area contributed by atoms with E-state index < -0.39 is 0 Å². The summed E-state index contributed by atoms with van der Waals surface area (Å²) in [6, 6.07) is 0. The first-order chi connectivity index (χ1) is 7.61. The Morgan fingerprint density at radius 3 is 2.62 bits per heavy atom. The second kappa shape index (κ2) is 4.87. The molecule has 0 N–H and O–H groups in total. The maximum absolute atomic E-state index is 11.2. The van der Waals surface area contributed by atoms with Gasteiger partial charge in [-0.25, -0.2) is 0 Å². The summed E-state index contributed by atoms with van der Waals surface area (Å²) in [5, 5.41) is 0. The van der Waals surface area contributed by atoms with Crippen molar-refractivity contribution < 1.29 is 9.53 Å². The lowest BCUT2D eigenvalue weighted by Gasteiger charge is -2.33. The third kappa shape index (κ3) is 2.65. The number of ketones is 1. The molecule has 2 heteroatoms. The average Bonchev–Trinajstić information content (AvgIpc) is 2.62. The van der Waals surface area contributed by atoms with Crippen LogP contribution in [-0.2, 0) is 9.53 Å². The van der Waals surface area contributed by atoms with E-state index in [-0.39, 0.29) is 11.5 Å². The van der Waals surface area contributed by atoms with E-state index >= 15 is 0 Å². The van der Waals surface area contributed by atoms with Crippen molar-refractivity contribution in [2.45, 2.75) is 76.9 Å². The third-order valence-corrected chi connectivity index (χ3v) is 4.41. The molecule has 2 nitrogen and oxygen atoms in total. The first-order valence-electron chi connectivity index (χ1n) is 6.80. The maximum Gasteiger partial charge on any atom is 0.132 e. The lowest BCUT2D eigenvalue weighted by Crippen LogP contribution is -2.32. The molecule has 0 bridgehead atoms. The summed E-state index contributed by atoms with van der Waals surface area (Å²) >= 11 is 0. The van der Waals surface area contributed by atoms with Gasteiger partial charge in [-0.05, 0) is 39.0 Å². The molecule has 2 atom stereocenters. The molecule has 1 heterocycles. The molecule has 1 aliphatic heterocycles. The van der Waals surface area contributed by atoms with Gasteiger partial charge in [0, 0.05) is 5.92 Å². The monoisotopic (exact) mass is 224 g/mol. The van der Waals surface area contributed by atoms with Crippen LogP contribution in [0.3, 0.4) is 0 Å². The second-order valence-corrected chi connectivity index (χ2v) is 5.77. The minimum Gasteiger partial charge on any atom is -0.372 e. The fraction of sp³-hybridized carbons (Fsp3) is 0.929. The van der Waals surface area contributed by atoms with E-state index in [4.69, 9.17) is 4.74 Å². The van der Waals surface area contributed by atoms with Gasteiger partial charge in [0.15, 0.2) is 0 Å². The molecule has 2 fully saturated rings. The van der Waals surface area contributed by atoms with Crippen LogP contribution in [0.1, 0.15) is 65.2 Å². The van der Waals surface area contributed by atoms with Gasteiger partial charge < -0.3 is 4.74 Å². The zero-order valence-electron chi connectivity index (χ0n) is 10.6. The molecule has 0 aromatic carbocycles. The molecule has 2 rings (SSSR count). The molecule has 92 valence electrons. The Kier molecular flexibility index (Phi) is 3.68. The van der Waals surface area contributed by atoms with E-state index in [9.17, 15) is 4.79 Å². The second-order valence-electron chi connectivity index (χ2n) is 5.77. The fourth-order valence-corrected chi connectivity index (χ4v) is 3.19. The Bertz CT molecular complexity index is 253. The number of carbonyl (C=O) groups excluding carboxylic acids is 1. The maximum atomic E-state index is 11.2. The minimum atomic E-state index is 0.170. The van der Waals surface area contributed by atoms with Crippen molar-refractivity contribution in [2.75, 3.05) is 0 Å². The van der Waals surface area contributed by atoms with Crippen LogP contribution < -0.4 is 0 Å². The van der Waals surface area contributed by atoms with Crippen molar-refractivity contribution in [3.05, 3.63) is 0 Å². The number of Topliss-reactive ketones (excluding diaryl/α,β-unsaturated/α-hetero) is 1. The summed E-state index contributed by atoms with van der Waals surface area (Å²) in [5.41, 5.74) is 0.208. The molecule has 1 spiro atoms. The summed E-state index contributed by atoms with van der Waals surface area (Å²) in [6.07, 6.45) is 10.2. The summed E-state index contributed by atoms with van der Waals surface area (Å²) in [5.74, 6) is 0.469. The van der Waals surface area contributed by atoms with Crippen LogP contribution in [0.2, 0.25) is 0 Å². The van der Waals surface area contributed by atoms with Crippen LogP contribution in [0.25, 0.3) is 0 Å². The number of rotatable bonds is 3. The van der Waals surface area contributed by atoms with E-state index in [1.807, 2.05) is 6.92 Å². The van der Waals surface area contributed by atoms with Crippen molar-refractivity contribution >= 4 is 5.78 Å². The molecule has 16 heavy (non-hydrogen) atoms. The number of hydrogen-bond acceptors (Lipinski definition) is 2. The number of hydrogen-bond donors (Lipinski definition) is 0. The highest BCUT2D eigenvalue weighted by Gasteiger charge is 2.41. The van der Waals surface area contributed by atoms with Crippen LogP contribution >= 0.6 is 0 Å². The van der Waals surface area contributed by atoms with Crippen molar-refractivity contribution in [3.8, 4) is 0 Å². The van der Waals surface area contributed by atoms with E-state index in [0.717, 1.165) is 12.8 Å². The smallest absolute Gasteiger partial charge is 0.132 e. The molecule has 1 saturated carbocycles. The Morgan fingerprint density at radius 2 is 2.00 bits per heavy atom. The summed E-state index contributed by atoms with van der Waals surface area (Å²) in [4.78, 5) is 11.2. The zero-order chi connectivity index (χ0) is 11.6. The van der Waals surface area contributed by atoms with E-state index in [1.165, 1.54) is 38.5 Å². The zero-order valence-corrected chi connectivity index (χ0v) is 10.6. The Labute approximate surface area is 98.7 Å². The highest BCUT2D eigenvalue weighted by Crippen LogP contribution is 2.43. The highest BCUT2D eigenvalue weighted by molar-refractivity contribution is 5.77. The first kappa shape index (κ1) is 12.1. The molecule has 0 radical (unpaired) electrons. The summed E-state index contributed by atoms with van der Waals surface area (Å²) < 4.78 is 6.26. The number of ether oxygens (including phenoxy) is 1. The molecule has 2 aliphatic rings. The van der Waals surface area contributed by atoms with Crippen LogP contribution in [-0.4, -0.2) is 17.5 Å². The Hall–Kier alpha value is -0.370. The Balaban J connectivity index is 1.85. The van der Waals surface area contributed by atoms with Crippen LogP contribution in [0.4, 0.5) is 0 Å². The largest absolute Gasteiger partial charge is 0.372 e. The quantitative estimate of drug-likeness (QED) is 0.733. The predicted octanol–water partition coefficient (Wildman–Crippen LogP) is 3.48. The van der Waals surface area contributed by atoms with Gasteiger partial charge in [-0.3, -0.25) is 4.79 Å². The predicted molar refractivity (Wildman–Crippen MR) is 64.4 cm³/mol. The summed E-state index contributed by atoms with van der Waals surface area (Å²) in [6.45, 7) is 3.72. The van der Waals surface area contributed by atoms with Gasteiger partial charge in [-0.2, -0.15) is 0 Å². The fourth-order valence-electron chi connectivity index (χ4n) is 3.19. The van der Waals surface area contributed by atoms with Gasteiger partial charge in [-0.15, -0.1) is 0 Å². The van der Waals surface area contributed by atoms with E-state index in [1.54, 1.807) is 6.92 Å².